The lowest BCUT2D eigenvalue weighted by Crippen LogP contribution is -2.00. The van der Waals surface area contributed by atoms with Gasteiger partial charge in [0, 0.05) is 62.5 Å². The van der Waals surface area contributed by atoms with Crippen LogP contribution in [0.25, 0.3) is 55.7 Å². The summed E-state index contributed by atoms with van der Waals surface area (Å²) in [6.45, 7) is 0. The largest absolute Gasteiger partial charge is 0.455 e. The first-order valence-corrected chi connectivity index (χ1v) is 18.1. The molecule has 9 aromatic rings. The molecule has 0 N–H and O–H groups in total. The highest BCUT2D eigenvalue weighted by molar-refractivity contribution is 6.09. The van der Waals surface area contributed by atoms with Crippen LogP contribution in [0.5, 0.6) is 0 Å². The Kier molecular flexibility index (Phi) is 6.77. The molecule has 0 fully saturated rings. The van der Waals surface area contributed by atoms with E-state index in [1.807, 2.05) is 66.7 Å². The first-order chi connectivity index (χ1) is 33.1. The van der Waals surface area contributed by atoms with E-state index in [0.717, 1.165) is 35.5 Å². The van der Waals surface area contributed by atoms with Gasteiger partial charge < -0.3 is 4.42 Å². The van der Waals surface area contributed by atoms with Crippen molar-refractivity contribution in [2.45, 2.75) is 38.2 Å². The highest BCUT2D eigenvalue weighted by atomic mass is 16.3. The minimum Gasteiger partial charge on any atom is -0.455 e. The van der Waals surface area contributed by atoms with Gasteiger partial charge in [-0.1, -0.05) is 109 Å². The lowest BCUT2D eigenvalue weighted by atomic mass is 9.94. The molecule has 0 atom stereocenters. The Morgan fingerprint density at radius 2 is 0.982 bits per heavy atom. The van der Waals surface area contributed by atoms with Gasteiger partial charge in [-0.05, 0) is 114 Å². The number of para-hydroxylation sites is 1. The maximum absolute atomic E-state index is 9.49. The third kappa shape index (κ3) is 8.12. The molecule has 0 aliphatic carbocycles. The van der Waals surface area contributed by atoms with Gasteiger partial charge in [0.2, 0.25) is 0 Å². The summed E-state index contributed by atoms with van der Waals surface area (Å²) in [5, 5.41) is 10.7. The lowest BCUT2D eigenvalue weighted by Gasteiger charge is -2.12. The maximum Gasteiger partial charge on any atom is 0.144 e. The molecule has 0 amide bonds. The Balaban J connectivity index is 1.13. The molecule has 4 aromatic heterocycles. The summed E-state index contributed by atoms with van der Waals surface area (Å²) in [7, 11) is 0. The molecule has 0 saturated heterocycles. The third-order valence-corrected chi connectivity index (χ3v) is 9.23. The van der Waals surface area contributed by atoms with Crippen LogP contribution in [0, 0.1) is 11.3 Å². The molecular formula is C52H40N4O. The molecule has 0 aliphatic heterocycles. The van der Waals surface area contributed by atoms with Crippen molar-refractivity contribution in [1.82, 2.24) is 15.0 Å². The zero-order valence-electron chi connectivity index (χ0n) is 43.3. The van der Waals surface area contributed by atoms with Gasteiger partial charge in [-0.25, -0.2) is 0 Å². The second kappa shape index (κ2) is 16.3. The van der Waals surface area contributed by atoms with Gasteiger partial charge in [-0.3, -0.25) is 15.0 Å². The molecule has 5 heteroatoms. The maximum atomic E-state index is 9.49. The number of rotatable bonds is 12. The molecule has 0 saturated carbocycles. The minimum absolute atomic E-state index is 0.0782. The van der Waals surface area contributed by atoms with Crippen LogP contribution in [0.4, 0.5) is 0 Å². The van der Waals surface area contributed by atoms with E-state index in [9.17, 15) is 21.7 Å². The van der Waals surface area contributed by atoms with E-state index in [1.54, 1.807) is 24.3 Å². The number of nitrogens with zero attached hydrogens (tertiary/aromatic N) is 4. The summed E-state index contributed by atoms with van der Waals surface area (Å²) >= 11 is 0. The van der Waals surface area contributed by atoms with Gasteiger partial charge in [0.1, 0.15) is 11.2 Å². The van der Waals surface area contributed by atoms with Crippen molar-refractivity contribution in [2.75, 3.05) is 0 Å². The quantitative estimate of drug-likeness (QED) is 0.124. The van der Waals surface area contributed by atoms with Crippen molar-refractivity contribution in [2.24, 2.45) is 0 Å². The van der Waals surface area contributed by atoms with Crippen LogP contribution in [-0.2, 0) is 38.2 Å². The highest BCUT2D eigenvalue weighted by Gasteiger charge is 2.14. The SMILES string of the molecule is [2H]c1c(C#N)ccc2c1oc1c(-c3ccc(C([2H])([2H])C([2H])([2H])c4cc(C([2H])([2H])C([2H])([2H])c5ccc(-c6ccccc6)nc5)cc(C([2H])([2H])C([2H])([2H])c5ccc(-c6ccccc6)nc5)c4)cn3)cccc12. The smallest absolute Gasteiger partial charge is 0.144 e. The Hall–Kier alpha value is -7.16. The Labute approximate surface area is 351 Å². The van der Waals surface area contributed by atoms with Gasteiger partial charge in [-0.15, -0.1) is 0 Å². The predicted octanol–water partition coefficient (Wildman–Crippen LogP) is 12.0. The van der Waals surface area contributed by atoms with Crippen molar-refractivity contribution >= 4 is 21.9 Å². The van der Waals surface area contributed by atoms with Crippen molar-refractivity contribution in [3.05, 3.63) is 209 Å². The summed E-state index contributed by atoms with van der Waals surface area (Å²) in [5.41, 5.74) is 1.53. The number of benzene rings is 5. The molecule has 274 valence electrons. The number of furan rings is 1. The van der Waals surface area contributed by atoms with Gasteiger partial charge in [0.25, 0.3) is 0 Å². The molecule has 0 aliphatic rings. The Morgan fingerprint density at radius 1 is 0.491 bits per heavy atom. The third-order valence-electron chi connectivity index (χ3n) is 9.23. The van der Waals surface area contributed by atoms with Crippen LogP contribution in [0.1, 0.15) is 56.8 Å². The number of pyridine rings is 3. The van der Waals surface area contributed by atoms with E-state index >= 15 is 0 Å². The van der Waals surface area contributed by atoms with Crippen molar-refractivity contribution < 1.29 is 22.2 Å². The summed E-state index contributed by atoms with van der Waals surface area (Å²) in [6, 6.07) is 40.0. The Bertz CT molecular complexity index is 3320. The zero-order chi connectivity index (χ0) is 50.0. The van der Waals surface area contributed by atoms with Crippen LogP contribution in [0.2, 0.25) is 0 Å². The van der Waals surface area contributed by atoms with Crippen LogP contribution in [-0.4, -0.2) is 15.0 Å². The van der Waals surface area contributed by atoms with Gasteiger partial charge in [0.15, 0.2) is 0 Å². The molecular weight excluding hydrogens is 697 g/mol. The van der Waals surface area contributed by atoms with Gasteiger partial charge >= 0.3 is 0 Å². The lowest BCUT2D eigenvalue weighted by molar-refractivity contribution is 0.669. The highest BCUT2D eigenvalue weighted by Crippen LogP contribution is 2.35. The minimum atomic E-state index is -3.13. The average Bonchev–Trinajstić information content (AvgIpc) is 3.76. The fraction of sp³-hybridized carbons (Fsp3) is 0.115. The monoisotopic (exact) mass is 749 g/mol. The van der Waals surface area contributed by atoms with Crippen LogP contribution >= 0.6 is 0 Å². The summed E-state index contributed by atoms with van der Waals surface area (Å²) < 4.78 is 127. The number of aryl methyl sites for hydroxylation is 6. The second-order valence-corrected chi connectivity index (χ2v) is 13.1. The summed E-state index contributed by atoms with van der Waals surface area (Å²) in [4.78, 5) is 13.3. The zero-order valence-corrected chi connectivity index (χ0v) is 30.3. The number of hydrogen-bond acceptors (Lipinski definition) is 5. The molecule has 0 unspecified atom stereocenters. The number of nitriles is 1. The predicted molar refractivity (Wildman–Crippen MR) is 230 cm³/mol. The molecule has 0 radical (unpaired) electrons. The van der Waals surface area contributed by atoms with Crippen molar-refractivity contribution in [3.63, 3.8) is 0 Å². The van der Waals surface area contributed by atoms with E-state index in [4.69, 9.17) is 5.79 Å². The molecule has 5 nitrogen and oxygen atoms in total. The van der Waals surface area contributed by atoms with Crippen molar-refractivity contribution in [1.29, 1.82) is 5.26 Å². The fourth-order valence-electron chi connectivity index (χ4n) is 6.39. The van der Waals surface area contributed by atoms with Gasteiger partial charge in [-0.2, -0.15) is 5.26 Å². The summed E-state index contributed by atoms with van der Waals surface area (Å²) in [5.74, 6) is 0. The summed E-state index contributed by atoms with van der Waals surface area (Å²) in [6.07, 6.45) is -14.6. The molecule has 5 aromatic carbocycles. The van der Waals surface area contributed by atoms with Crippen LogP contribution in [0.3, 0.4) is 0 Å². The van der Waals surface area contributed by atoms with E-state index in [2.05, 4.69) is 15.0 Å². The van der Waals surface area contributed by atoms with Crippen LogP contribution in [0.15, 0.2) is 175 Å². The molecule has 0 spiro atoms. The Morgan fingerprint density at radius 3 is 1.46 bits per heavy atom. The van der Waals surface area contributed by atoms with E-state index in [0.29, 0.717) is 39.0 Å². The topological polar surface area (TPSA) is 75.6 Å². The van der Waals surface area contributed by atoms with E-state index in [1.165, 1.54) is 54.9 Å². The first kappa shape index (κ1) is 23.7. The van der Waals surface area contributed by atoms with E-state index in [-0.39, 0.29) is 33.9 Å². The van der Waals surface area contributed by atoms with E-state index < -0.39 is 54.9 Å². The number of aromatic nitrogens is 3. The number of hydrogen-bond donors (Lipinski definition) is 0. The fourth-order valence-corrected chi connectivity index (χ4v) is 6.39. The standard InChI is InChI=1S/C52H40N4O/c53-32-42-20-24-45-46-12-7-13-47(52(46)57-51(45)31-42)50-27-23-38(35-56-50)16-19-41-29-39(17-14-36-21-25-48(54-33-36)43-8-3-1-4-9-43)28-40(30-41)18-15-37-22-26-49(55-34-37)44-10-5-2-6-11-44/h1-13,20-31,33-35H,14-19H2/i14D2,15D2,16D2,17D2,18D2,19D2,31D. The molecule has 57 heavy (non-hydrogen) atoms. The van der Waals surface area contributed by atoms with Crippen molar-refractivity contribution in [3.8, 4) is 39.8 Å². The van der Waals surface area contributed by atoms with Gasteiger partial charge in [0.05, 0.1) is 30.1 Å². The molecule has 9 rings (SSSR count). The van der Waals surface area contributed by atoms with Crippen LogP contribution < -0.4 is 0 Å². The normalized spacial score (nSPS) is 16.1. The molecule has 0 bridgehead atoms. The number of fused-ring (bicyclic) bond motifs is 3. The second-order valence-electron chi connectivity index (χ2n) is 13.1. The molecule has 4 heterocycles. The first-order valence-electron chi connectivity index (χ1n) is 24.6. The average molecular weight is 750 g/mol.